The van der Waals surface area contributed by atoms with Crippen LogP contribution in [0.5, 0.6) is 0 Å². The fourth-order valence-electron chi connectivity index (χ4n) is 4.05. The first-order chi connectivity index (χ1) is 15.4. The number of halogens is 4. The van der Waals surface area contributed by atoms with E-state index in [0.29, 0.717) is 38.4 Å². The number of aromatic nitrogens is 2. The van der Waals surface area contributed by atoms with Gasteiger partial charge in [-0.05, 0) is 50.5 Å². The van der Waals surface area contributed by atoms with Crippen molar-refractivity contribution in [2.24, 2.45) is 0 Å². The van der Waals surface area contributed by atoms with E-state index in [1.807, 2.05) is 0 Å². The summed E-state index contributed by atoms with van der Waals surface area (Å²) in [5.74, 6) is -0.707. The summed E-state index contributed by atoms with van der Waals surface area (Å²) in [5, 5.41) is 2.66. The summed E-state index contributed by atoms with van der Waals surface area (Å²) in [5.41, 5.74) is 0.183. The average molecular weight is 467 g/mol. The van der Waals surface area contributed by atoms with Crippen molar-refractivity contribution in [1.29, 1.82) is 0 Å². The standard InChI is InChI=1S/C22H25F4N5O2/c1-21(2,3)33-20(32)31-7-6-30-5-4-13-8-17(16(23)9-15(13)18(30)12-31)29-19-27-10-14(11-28-19)22(24,25)26/h8-11,18H,4-7,12H2,1-3H3,(H,27,28,29)/t18-/m0/s1. The number of ether oxygens (including phenoxy) is 1. The molecule has 1 fully saturated rings. The Morgan fingerprint density at radius 2 is 1.82 bits per heavy atom. The van der Waals surface area contributed by atoms with Crippen molar-refractivity contribution < 1.29 is 27.1 Å². The topological polar surface area (TPSA) is 70.6 Å². The Labute approximate surface area is 188 Å². The fraction of sp³-hybridized carbons (Fsp3) is 0.500. The van der Waals surface area contributed by atoms with Crippen LogP contribution in [0.2, 0.25) is 0 Å². The summed E-state index contributed by atoms with van der Waals surface area (Å²) in [6, 6.07) is 2.88. The molecule has 0 radical (unpaired) electrons. The molecule has 0 saturated carbocycles. The van der Waals surface area contributed by atoms with Crippen molar-refractivity contribution >= 4 is 17.7 Å². The molecule has 3 heterocycles. The normalized spacial score (nSPS) is 19.0. The summed E-state index contributed by atoms with van der Waals surface area (Å²) in [7, 11) is 0. The van der Waals surface area contributed by atoms with Crippen molar-refractivity contribution in [3.8, 4) is 0 Å². The highest BCUT2D eigenvalue weighted by Crippen LogP contribution is 2.36. The summed E-state index contributed by atoms with van der Waals surface area (Å²) in [6.45, 7) is 7.75. The molecule has 0 unspecified atom stereocenters. The fourth-order valence-corrected chi connectivity index (χ4v) is 4.05. The molecule has 1 N–H and O–H groups in total. The number of carbonyl (C=O) groups is 1. The first kappa shape index (κ1) is 23.2. The SMILES string of the molecule is CC(C)(C)OC(=O)N1CCN2CCc3cc(Nc4ncc(C(F)(F)F)cn4)c(F)cc3[C@@H]2C1. The highest BCUT2D eigenvalue weighted by atomic mass is 19.4. The number of fused-ring (bicyclic) bond motifs is 3. The van der Waals surface area contributed by atoms with Gasteiger partial charge >= 0.3 is 12.3 Å². The van der Waals surface area contributed by atoms with Crippen LogP contribution >= 0.6 is 0 Å². The minimum atomic E-state index is -4.55. The van der Waals surface area contributed by atoms with E-state index in [4.69, 9.17) is 4.74 Å². The second kappa shape index (κ2) is 8.44. The first-order valence-corrected chi connectivity index (χ1v) is 10.6. The molecule has 11 heteroatoms. The van der Waals surface area contributed by atoms with Crippen molar-refractivity contribution in [3.63, 3.8) is 0 Å². The van der Waals surface area contributed by atoms with E-state index >= 15 is 0 Å². The molecule has 2 aliphatic rings. The number of nitrogens with zero attached hydrogens (tertiary/aromatic N) is 4. The first-order valence-electron chi connectivity index (χ1n) is 10.6. The predicted molar refractivity (Wildman–Crippen MR) is 113 cm³/mol. The molecule has 0 bridgehead atoms. The van der Waals surface area contributed by atoms with Gasteiger partial charge in [-0.3, -0.25) is 4.90 Å². The largest absolute Gasteiger partial charge is 0.444 e. The summed E-state index contributed by atoms with van der Waals surface area (Å²) in [6.07, 6.45) is -2.96. The molecule has 0 aliphatic carbocycles. The van der Waals surface area contributed by atoms with Gasteiger partial charge < -0.3 is 15.0 Å². The number of alkyl halides is 3. The Morgan fingerprint density at radius 3 is 2.45 bits per heavy atom. The van der Waals surface area contributed by atoms with Gasteiger partial charge in [0.2, 0.25) is 5.95 Å². The number of benzene rings is 1. The van der Waals surface area contributed by atoms with E-state index in [-0.39, 0.29) is 17.7 Å². The average Bonchev–Trinajstić information content (AvgIpc) is 2.72. The van der Waals surface area contributed by atoms with Crippen molar-refractivity contribution in [3.05, 3.63) is 47.0 Å². The van der Waals surface area contributed by atoms with Gasteiger partial charge in [0.15, 0.2) is 0 Å². The lowest BCUT2D eigenvalue weighted by molar-refractivity contribution is -0.138. The quantitative estimate of drug-likeness (QED) is 0.655. The van der Waals surface area contributed by atoms with E-state index in [9.17, 15) is 22.4 Å². The minimum Gasteiger partial charge on any atom is -0.444 e. The highest BCUT2D eigenvalue weighted by molar-refractivity contribution is 5.68. The summed E-state index contributed by atoms with van der Waals surface area (Å²) >= 11 is 0. The van der Waals surface area contributed by atoms with Crippen LogP contribution in [0.1, 0.15) is 43.5 Å². The van der Waals surface area contributed by atoms with Crippen molar-refractivity contribution in [2.45, 2.75) is 45.0 Å². The summed E-state index contributed by atoms with van der Waals surface area (Å²) < 4.78 is 58.5. The third-order valence-electron chi connectivity index (χ3n) is 5.62. The van der Waals surface area contributed by atoms with Crippen LogP contribution in [-0.2, 0) is 17.3 Å². The zero-order chi connectivity index (χ0) is 24.0. The highest BCUT2D eigenvalue weighted by Gasteiger charge is 2.36. The number of anilines is 2. The molecule has 4 rings (SSSR count). The Balaban J connectivity index is 1.53. The number of hydrogen-bond donors (Lipinski definition) is 1. The molecule has 178 valence electrons. The molecule has 0 spiro atoms. The Bertz CT molecular complexity index is 1040. The zero-order valence-corrected chi connectivity index (χ0v) is 18.5. The minimum absolute atomic E-state index is 0.0850. The molecule has 1 atom stereocenters. The van der Waals surface area contributed by atoms with Crippen molar-refractivity contribution in [1.82, 2.24) is 19.8 Å². The smallest absolute Gasteiger partial charge is 0.419 e. The molecule has 1 amide bonds. The molecule has 1 aromatic carbocycles. The number of rotatable bonds is 2. The molecule has 2 aliphatic heterocycles. The second-order valence-corrected chi connectivity index (χ2v) is 9.18. The third kappa shape index (κ3) is 5.18. The van der Waals surface area contributed by atoms with Crippen LogP contribution in [0.3, 0.4) is 0 Å². The number of carbonyl (C=O) groups excluding carboxylic acids is 1. The Morgan fingerprint density at radius 1 is 1.12 bits per heavy atom. The maximum atomic E-state index is 14.9. The number of hydrogen-bond acceptors (Lipinski definition) is 6. The molecule has 2 aromatic rings. The summed E-state index contributed by atoms with van der Waals surface area (Å²) in [4.78, 5) is 23.7. The lowest BCUT2D eigenvalue weighted by Gasteiger charge is -2.45. The van der Waals surface area contributed by atoms with Crippen LogP contribution < -0.4 is 5.32 Å². The Hall–Kier alpha value is -2.95. The van der Waals surface area contributed by atoms with E-state index in [1.165, 1.54) is 6.07 Å². The van der Waals surface area contributed by atoms with Gasteiger partial charge in [-0.25, -0.2) is 19.2 Å². The van der Waals surface area contributed by atoms with Crippen LogP contribution in [0.25, 0.3) is 0 Å². The molecular formula is C22H25F4N5O2. The maximum Gasteiger partial charge on any atom is 0.419 e. The van der Waals surface area contributed by atoms with E-state index < -0.39 is 29.3 Å². The van der Waals surface area contributed by atoms with Gasteiger partial charge in [0.25, 0.3) is 0 Å². The van der Waals surface area contributed by atoms with Gasteiger partial charge in [-0.15, -0.1) is 0 Å². The van der Waals surface area contributed by atoms with Crippen LogP contribution in [-0.4, -0.2) is 57.6 Å². The number of amides is 1. The van der Waals surface area contributed by atoms with Gasteiger partial charge in [0.1, 0.15) is 11.4 Å². The zero-order valence-electron chi connectivity index (χ0n) is 18.5. The molecular weight excluding hydrogens is 442 g/mol. The lowest BCUT2D eigenvalue weighted by atomic mass is 9.90. The Kier molecular flexibility index (Phi) is 5.94. The van der Waals surface area contributed by atoms with Gasteiger partial charge in [0.05, 0.1) is 17.3 Å². The van der Waals surface area contributed by atoms with E-state index in [1.54, 1.807) is 31.7 Å². The molecule has 33 heavy (non-hydrogen) atoms. The van der Waals surface area contributed by atoms with Crippen LogP contribution in [0.4, 0.5) is 34.0 Å². The second-order valence-electron chi connectivity index (χ2n) is 9.18. The van der Waals surface area contributed by atoms with Gasteiger partial charge in [-0.2, -0.15) is 13.2 Å². The molecule has 1 aromatic heterocycles. The van der Waals surface area contributed by atoms with E-state index in [0.717, 1.165) is 17.7 Å². The van der Waals surface area contributed by atoms with Crippen LogP contribution in [0.15, 0.2) is 24.5 Å². The van der Waals surface area contributed by atoms with Crippen molar-refractivity contribution in [2.75, 3.05) is 31.5 Å². The lowest BCUT2D eigenvalue weighted by Crippen LogP contribution is -2.53. The van der Waals surface area contributed by atoms with Crippen LogP contribution in [0, 0.1) is 5.82 Å². The monoisotopic (exact) mass is 467 g/mol. The van der Waals surface area contributed by atoms with E-state index in [2.05, 4.69) is 20.2 Å². The molecule has 7 nitrogen and oxygen atoms in total. The number of nitrogens with one attached hydrogen (secondary N) is 1. The van der Waals surface area contributed by atoms with Gasteiger partial charge in [0, 0.05) is 38.6 Å². The third-order valence-corrected chi connectivity index (χ3v) is 5.62. The number of piperazine rings is 1. The maximum absolute atomic E-state index is 14.9. The molecule has 1 saturated heterocycles. The predicted octanol–water partition coefficient (Wildman–Crippen LogP) is 4.53. The van der Waals surface area contributed by atoms with Gasteiger partial charge in [-0.1, -0.05) is 0 Å².